The van der Waals surface area contributed by atoms with Gasteiger partial charge < -0.3 is 14.6 Å². The van der Waals surface area contributed by atoms with E-state index in [0.717, 1.165) is 10.5 Å². The second-order valence-electron chi connectivity index (χ2n) is 5.73. The summed E-state index contributed by atoms with van der Waals surface area (Å²) in [6.07, 6.45) is 0. The van der Waals surface area contributed by atoms with Crippen LogP contribution in [0.25, 0.3) is 11.5 Å². The number of likely N-dealkylation sites (N-methyl/N-ethyl adjacent to an activating group) is 1. The summed E-state index contributed by atoms with van der Waals surface area (Å²) in [5, 5.41) is 11.6. The fraction of sp³-hybridized carbons (Fsp3) is 0.167. The lowest BCUT2D eigenvalue weighted by Gasteiger charge is -2.11. The monoisotopic (exact) mass is 357 g/mol. The molecule has 2 aromatic carbocycles. The van der Waals surface area contributed by atoms with Crippen LogP contribution in [-0.4, -0.2) is 29.7 Å². The third-order valence-electron chi connectivity index (χ3n) is 3.53. The fourth-order valence-electron chi connectivity index (χ4n) is 2.36. The smallest absolute Gasteiger partial charge is 0.279 e. The van der Waals surface area contributed by atoms with Crippen molar-refractivity contribution in [2.24, 2.45) is 0 Å². The third-order valence-corrected chi connectivity index (χ3v) is 3.78. The Labute approximate surface area is 150 Å². The van der Waals surface area contributed by atoms with Crippen LogP contribution < -0.4 is 10.2 Å². The molecule has 6 nitrogen and oxygen atoms in total. The van der Waals surface area contributed by atoms with E-state index in [1.54, 1.807) is 24.3 Å². The van der Waals surface area contributed by atoms with E-state index in [0.29, 0.717) is 29.0 Å². The predicted octanol–water partition coefficient (Wildman–Crippen LogP) is 2.04. The van der Waals surface area contributed by atoms with Crippen molar-refractivity contribution in [3.8, 4) is 11.5 Å². The van der Waals surface area contributed by atoms with E-state index in [1.165, 1.54) is 0 Å². The highest BCUT2D eigenvalue weighted by Crippen LogP contribution is 2.16. The van der Waals surface area contributed by atoms with Gasteiger partial charge in [-0.2, -0.15) is 0 Å². The van der Waals surface area contributed by atoms with Crippen molar-refractivity contribution in [3.63, 3.8) is 0 Å². The molecule has 0 aliphatic carbocycles. The summed E-state index contributed by atoms with van der Waals surface area (Å²) in [5.41, 5.74) is 1.59. The summed E-state index contributed by atoms with van der Waals surface area (Å²) in [4.78, 5) is 13.0. The lowest BCUT2D eigenvalue weighted by Crippen LogP contribution is -3.08. The number of hydrogen-bond acceptors (Lipinski definition) is 4. The summed E-state index contributed by atoms with van der Waals surface area (Å²) in [6.45, 7) is 0.750. The zero-order chi connectivity index (χ0) is 17.6. The van der Waals surface area contributed by atoms with E-state index < -0.39 is 0 Å². The summed E-state index contributed by atoms with van der Waals surface area (Å²) < 4.78 is 5.66. The van der Waals surface area contributed by atoms with Gasteiger partial charge in [0.2, 0.25) is 5.89 Å². The van der Waals surface area contributed by atoms with E-state index in [4.69, 9.17) is 16.0 Å². The number of aromatic nitrogens is 2. The zero-order valence-electron chi connectivity index (χ0n) is 13.7. The fourth-order valence-corrected chi connectivity index (χ4v) is 2.48. The minimum atomic E-state index is -0.0948. The number of nitrogens with zero attached hydrogens (tertiary/aromatic N) is 2. The Hall–Kier alpha value is -2.70. The average Bonchev–Trinajstić information content (AvgIpc) is 3.06. The Kier molecular flexibility index (Phi) is 5.42. The van der Waals surface area contributed by atoms with Crippen molar-refractivity contribution in [1.82, 2.24) is 10.2 Å². The van der Waals surface area contributed by atoms with Gasteiger partial charge in [0.25, 0.3) is 11.8 Å². The van der Waals surface area contributed by atoms with Gasteiger partial charge >= 0.3 is 0 Å². The third kappa shape index (κ3) is 4.89. The normalized spacial score (nSPS) is 11.9. The van der Waals surface area contributed by atoms with E-state index >= 15 is 0 Å². The van der Waals surface area contributed by atoms with Gasteiger partial charge in [-0.05, 0) is 36.4 Å². The quantitative estimate of drug-likeness (QED) is 0.708. The van der Waals surface area contributed by atoms with Gasteiger partial charge in [-0.1, -0.05) is 29.8 Å². The lowest BCUT2D eigenvalue weighted by molar-refractivity contribution is -0.886. The highest BCUT2D eigenvalue weighted by molar-refractivity contribution is 6.30. The van der Waals surface area contributed by atoms with Crippen LogP contribution in [0.3, 0.4) is 0 Å². The SMILES string of the molecule is C[NH+](CC(=O)Nc1ccc(Cl)cc1)Cc1nnc(-c2ccccc2)o1. The molecule has 3 rings (SSSR count). The van der Waals surface area contributed by atoms with E-state index in [-0.39, 0.29) is 12.5 Å². The van der Waals surface area contributed by atoms with Crippen LogP contribution in [0.2, 0.25) is 5.02 Å². The molecule has 0 aliphatic rings. The maximum Gasteiger partial charge on any atom is 0.279 e. The lowest BCUT2D eigenvalue weighted by atomic mass is 10.2. The molecule has 1 amide bonds. The van der Waals surface area contributed by atoms with Crippen molar-refractivity contribution in [3.05, 3.63) is 65.5 Å². The van der Waals surface area contributed by atoms with E-state index in [9.17, 15) is 4.79 Å². The van der Waals surface area contributed by atoms with Crippen LogP contribution >= 0.6 is 11.6 Å². The van der Waals surface area contributed by atoms with Crippen molar-refractivity contribution in [1.29, 1.82) is 0 Å². The van der Waals surface area contributed by atoms with Crippen molar-refractivity contribution >= 4 is 23.2 Å². The molecule has 0 aliphatic heterocycles. The van der Waals surface area contributed by atoms with Crippen LogP contribution in [0.15, 0.2) is 59.0 Å². The van der Waals surface area contributed by atoms with Crippen LogP contribution in [0, 0.1) is 0 Å². The highest BCUT2D eigenvalue weighted by atomic mass is 35.5. The Balaban J connectivity index is 1.54. The second-order valence-corrected chi connectivity index (χ2v) is 6.17. The number of carbonyl (C=O) groups excluding carboxylic acids is 1. The predicted molar refractivity (Wildman–Crippen MR) is 95.3 cm³/mol. The number of amides is 1. The van der Waals surface area contributed by atoms with Gasteiger partial charge in [-0.3, -0.25) is 4.79 Å². The largest absolute Gasteiger partial charge is 0.415 e. The molecule has 128 valence electrons. The molecule has 0 spiro atoms. The Morgan fingerprint density at radius 2 is 1.84 bits per heavy atom. The second kappa shape index (κ2) is 7.92. The van der Waals surface area contributed by atoms with Gasteiger partial charge in [-0.25, -0.2) is 0 Å². The minimum absolute atomic E-state index is 0.0948. The highest BCUT2D eigenvalue weighted by Gasteiger charge is 2.15. The number of anilines is 1. The number of nitrogens with one attached hydrogen (secondary N) is 2. The molecule has 1 aromatic heterocycles. The van der Waals surface area contributed by atoms with Gasteiger partial charge in [0.05, 0.1) is 7.05 Å². The minimum Gasteiger partial charge on any atom is -0.415 e. The van der Waals surface area contributed by atoms with E-state index in [1.807, 2.05) is 37.4 Å². The van der Waals surface area contributed by atoms with Crippen LogP contribution in [0.5, 0.6) is 0 Å². The molecule has 0 fully saturated rings. The Bertz CT molecular complexity index is 834. The molecule has 0 saturated heterocycles. The molecular formula is C18H18ClN4O2+. The Morgan fingerprint density at radius 1 is 1.12 bits per heavy atom. The number of benzene rings is 2. The molecule has 7 heteroatoms. The maximum atomic E-state index is 12.1. The molecule has 1 unspecified atom stereocenters. The van der Waals surface area contributed by atoms with Crippen molar-refractivity contribution in [2.45, 2.75) is 6.54 Å². The molecule has 1 heterocycles. The topological polar surface area (TPSA) is 72.5 Å². The Morgan fingerprint density at radius 3 is 2.56 bits per heavy atom. The molecular weight excluding hydrogens is 340 g/mol. The van der Waals surface area contributed by atoms with Crippen molar-refractivity contribution < 1.29 is 14.1 Å². The molecule has 0 saturated carbocycles. The summed E-state index contributed by atoms with van der Waals surface area (Å²) in [6, 6.07) is 16.6. The number of rotatable bonds is 6. The molecule has 1 atom stereocenters. The van der Waals surface area contributed by atoms with E-state index in [2.05, 4.69) is 15.5 Å². The standard InChI is InChI=1S/C18H17ClN4O2/c1-23(11-16(24)20-15-9-7-14(19)8-10-15)12-17-21-22-18(25-17)13-5-3-2-4-6-13/h2-10H,11-12H2,1H3,(H,20,24)/p+1. The maximum absolute atomic E-state index is 12.1. The molecule has 25 heavy (non-hydrogen) atoms. The first-order valence-electron chi connectivity index (χ1n) is 7.84. The average molecular weight is 358 g/mol. The summed E-state index contributed by atoms with van der Waals surface area (Å²) >= 11 is 5.83. The van der Waals surface area contributed by atoms with Crippen molar-refractivity contribution in [2.75, 3.05) is 18.9 Å². The number of hydrogen-bond donors (Lipinski definition) is 2. The first kappa shape index (κ1) is 17.1. The van der Waals surface area contributed by atoms with Gasteiger partial charge in [0.15, 0.2) is 13.1 Å². The number of halogens is 1. The number of quaternary nitrogens is 1. The van der Waals surface area contributed by atoms with Gasteiger partial charge in [0, 0.05) is 16.3 Å². The number of carbonyl (C=O) groups is 1. The zero-order valence-corrected chi connectivity index (χ0v) is 14.5. The summed E-state index contributed by atoms with van der Waals surface area (Å²) in [5.74, 6) is 0.882. The molecule has 0 radical (unpaired) electrons. The van der Waals surface area contributed by atoms with Crippen LogP contribution in [0.4, 0.5) is 5.69 Å². The summed E-state index contributed by atoms with van der Waals surface area (Å²) in [7, 11) is 1.90. The van der Waals surface area contributed by atoms with Gasteiger partial charge in [0.1, 0.15) is 0 Å². The van der Waals surface area contributed by atoms with Gasteiger partial charge in [-0.15, -0.1) is 10.2 Å². The molecule has 3 aromatic rings. The first-order chi connectivity index (χ1) is 12.1. The first-order valence-corrected chi connectivity index (χ1v) is 8.22. The van der Waals surface area contributed by atoms with Crippen LogP contribution in [-0.2, 0) is 11.3 Å². The molecule has 2 N–H and O–H groups in total. The van der Waals surface area contributed by atoms with Crippen LogP contribution in [0.1, 0.15) is 5.89 Å². The molecule has 0 bridgehead atoms.